The molecule has 0 spiro atoms. The zero-order chi connectivity index (χ0) is 12.6. The fourth-order valence-corrected chi connectivity index (χ4v) is 2.38. The Bertz CT molecular complexity index is 448. The summed E-state index contributed by atoms with van der Waals surface area (Å²) in [6.45, 7) is 0.668. The average molecular weight is 475 g/mol. The molecule has 0 N–H and O–H groups in total. The third-order valence-electron chi connectivity index (χ3n) is 2.44. The standard InChI is InChI=1S/C15H15NS2.Nd.Ni/c17-15(16-11-13-7-3-1-4-8-13)18-12-14-9-5-2-6-10-14;;/h1-10H,11-12H2,(H,16,17);;/p-1. The summed E-state index contributed by atoms with van der Waals surface area (Å²) in [4.78, 5) is 0. The van der Waals surface area contributed by atoms with Crippen molar-refractivity contribution in [1.29, 1.82) is 0 Å². The molecule has 20 heavy (non-hydrogen) atoms. The molecular weight excluding hydrogens is 461 g/mol. The van der Waals surface area contributed by atoms with Crippen molar-refractivity contribution in [3.8, 4) is 0 Å². The fourth-order valence-electron chi connectivity index (χ4n) is 1.50. The molecule has 0 saturated heterocycles. The van der Waals surface area contributed by atoms with Crippen molar-refractivity contribution in [3.63, 3.8) is 0 Å². The van der Waals surface area contributed by atoms with Crippen LogP contribution in [0.25, 0.3) is 5.32 Å². The van der Waals surface area contributed by atoms with Crippen LogP contribution < -0.4 is 0 Å². The van der Waals surface area contributed by atoms with Gasteiger partial charge in [0.2, 0.25) is 0 Å². The minimum atomic E-state index is 0. The Morgan fingerprint density at radius 1 is 0.900 bits per heavy atom. The fraction of sp³-hybridized carbons (Fsp3) is 0.133. The first-order valence-corrected chi connectivity index (χ1v) is 7.16. The molecule has 0 bridgehead atoms. The average Bonchev–Trinajstić information content (AvgIpc) is 2.45. The van der Waals surface area contributed by atoms with E-state index in [4.69, 9.17) is 12.2 Å². The molecule has 0 fully saturated rings. The number of thioether (sulfide) groups is 1. The van der Waals surface area contributed by atoms with Gasteiger partial charge in [-0.05, 0) is 9.88 Å². The van der Waals surface area contributed by atoms with Crippen molar-refractivity contribution >= 4 is 28.3 Å². The van der Waals surface area contributed by atoms with Gasteiger partial charge in [0.25, 0.3) is 0 Å². The van der Waals surface area contributed by atoms with E-state index in [1.54, 1.807) is 11.8 Å². The first-order chi connectivity index (χ1) is 8.84. The quantitative estimate of drug-likeness (QED) is 0.467. The summed E-state index contributed by atoms with van der Waals surface area (Å²) < 4.78 is 0.725. The Balaban J connectivity index is 0.00000180. The van der Waals surface area contributed by atoms with Gasteiger partial charge in [-0.3, -0.25) is 0 Å². The minimum Gasteiger partial charge on any atom is -0.666 e. The predicted molar refractivity (Wildman–Crippen MR) is 83.8 cm³/mol. The van der Waals surface area contributed by atoms with E-state index in [9.17, 15) is 0 Å². The van der Waals surface area contributed by atoms with Crippen molar-refractivity contribution in [2.75, 3.05) is 0 Å². The first kappa shape index (κ1) is 20.5. The third kappa shape index (κ3) is 8.09. The zero-order valence-corrected chi connectivity index (χ0v) is 16.6. The third-order valence-corrected chi connectivity index (χ3v) is 3.78. The Morgan fingerprint density at radius 2 is 1.40 bits per heavy atom. The van der Waals surface area contributed by atoms with Crippen molar-refractivity contribution in [2.45, 2.75) is 12.3 Å². The molecule has 2 rings (SSSR count). The van der Waals surface area contributed by atoms with E-state index in [2.05, 4.69) is 29.6 Å². The first-order valence-electron chi connectivity index (χ1n) is 5.77. The SMILES string of the molecule is S=C([N-]Cc1ccccc1)SCc1ccccc1.[Nd].[Ni]. The molecule has 0 saturated carbocycles. The van der Waals surface area contributed by atoms with E-state index in [-0.39, 0.29) is 57.3 Å². The maximum atomic E-state index is 5.25. The van der Waals surface area contributed by atoms with Gasteiger partial charge >= 0.3 is 0 Å². The molecule has 106 valence electrons. The molecule has 5 heteroatoms. The van der Waals surface area contributed by atoms with Gasteiger partial charge < -0.3 is 5.32 Å². The summed E-state index contributed by atoms with van der Waals surface area (Å²) >= 11 is 6.86. The normalized spacial score (nSPS) is 9.00. The molecule has 0 aliphatic heterocycles. The second-order valence-electron chi connectivity index (χ2n) is 3.84. The van der Waals surface area contributed by atoms with Crippen LogP contribution in [0, 0.1) is 40.8 Å². The zero-order valence-electron chi connectivity index (χ0n) is 10.8. The number of rotatable bonds is 4. The van der Waals surface area contributed by atoms with Crippen LogP contribution in [-0.2, 0) is 28.8 Å². The van der Waals surface area contributed by atoms with E-state index in [0.717, 1.165) is 10.1 Å². The van der Waals surface area contributed by atoms with Crippen molar-refractivity contribution < 1.29 is 57.3 Å². The molecule has 0 amide bonds. The monoisotopic (exact) mass is 472 g/mol. The smallest absolute Gasteiger partial charge is 0.0221 e. The predicted octanol–water partition coefficient (Wildman–Crippen LogP) is 4.78. The van der Waals surface area contributed by atoms with Gasteiger partial charge in [-0.25, -0.2) is 0 Å². The molecule has 0 aliphatic carbocycles. The molecule has 2 aromatic rings. The second-order valence-corrected chi connectivity index (χ2v) is 5.45. The van der Waals surface area contributed by atoms with E-state index >= 15 is 0 Å². The Morgan fingerprint density at radius 3 is 1.95 bits per heavy atom. The summed E-state index contributed by atoms with van der Waals surface area (Å²) in [5.41, 5.74) is 2.47. The molecule has 0 aliphatic rings. The van der Waals surface area contributed by atoms with Crippen LogP contribution >= 0.6 is 24.0 Å². The van der Waals surface area contributed by atoms with Crippen LogP contribution in [0.15, 0.2) is 60.7 Å². The second kappa shape index (κ2) is 12.1. The number of hydrogen-bond acceptors (Lipinski definition) is 2. The molecule has 0 unspecified atom stereocenters. The van der Waals surface area contributed by atoms with Crippen LogP contribution in [0.1, 0.15) is 11.1 Å². The Kier molecular flexibility index (Phi) is 12.4. The molecule has 0 aromatic heterocycles. The Labute approximate surface area is 173 Å². The van der Waals surface area contributed by atoms with E-state index in [1.807, 2.05) is 36.4 Å². The number of nitrogens with zero attached hydrogens (tertiary/aromatic N) is 1. The summed E-state index contributed by atoms with van der Waals surface area (Å²) in [6.07, 6.45) is 0. The van der Waals surface area contributed by atoms with Crippen LogP contribution in [0.5, 0.6) is 0 Å². The van der Waals surface area contributed by atoms with Gasteiger partial charge in [0.15, 0.2) is 0 Å². The van der Waals surface area contributed by atoms with Gasteiger partial charge in [-0.1, -0.05) is 78.4 Å². The van der Waals surface area contributed by atoms with Crippen LogP contribution in [0.4, 0.5) is 0 Å². The van der Waals surface area contributed by atoms with Crippen LogP contribution in [-0.4, -0.2) is 4.32 Å². The molecule has 0 heterocycles. The van der Waals surface area contributed by atoms with Crippen molar-refractivity contribution in [1.82, 2.24) is 0 Å². The van der Waals surface area contributed by atoms with Crippen molar-refractivity contribution in [3.05, 3.63) is 77.1 Å². The van der Waals surface area contributed by atoms with Gasteiger partial charge in [-0.2, -0.15) is 0 Å². The van der Waals surface area contributed by atoms with Gasteiger partial charge in [-0.15, -0.1) is 18.3 Å². The van der Waals surface area contributed by atoms with Crippen LogP contribution in [0.2, 0.25) is 0 Å². The van der Waals surface area contributed by atoms with Crippen molar-refractivity contribution in [2.24, 2.45) is 0 Å². The molecule has 0 radical (unpaired) electrons. The van der Waals surface area contributed by atoms with Crippen LogP contribution in [0.3, 0.4) is 0 Å². The molecule has 1 nitrogen and oxygen atoms in total. The minimum absolute atomic E-state index is 0. The van der Waals surface area contributed by atoms with E-state index in [0.29, 0.717) is 6.54 Å². The number of benzene rings is 2. The Hall–Kier alpha value is 0.524. The summed E-state index contributed by atoms with van der Waals surface area (Å²) in [7, 11) is 0. The summed E-state index contributed by atoms with van der Waals surface area (Å²) in [5.74, 6) is 0.887. The summed E-state index contributed by atoms with van der Waals surface area (Å²) in [5, 5.41) is 4.40. The molecule has 2 aromatic carbocycles. The van der Waals surface area contributed by atoms with Gasteiger partial charge in [0, 0.05) is 63.1 Å². The maximum Gasteiger partial charge on any atom is 0.0221 e. The molecule has 0 atom stereocenters. The van der Waals surface area contributed by atoms with E-state index in [1.165, 1.54) is 11.1 Å². The molecular formula is C15H14NNdNiS2-. The largest absolute Gasteiger partial charge is 0.666 e. The number of hydrogen-bond donors (Lipinski definition) is 0. The van der Waals surface area contributed by atoms with E-state index < -0.39 is 0 Å². The topological polar surface area (TPSA) is 14.1 Å². The number of thiocarbonyl (C=S) groups is 1. The van der Waals surface area contributed by atoms with Gasteiger partial charge in [0.1, 0.15) is 0 Å². The summed E-state index contributed by atoms with van der Waals surface area (Å²) in [6, 6.07) is 20.5. The van der Waals surface area contributed by atoms with Gasteiger partial charge in [0.05, 0.1) is 0 Å². The maximum absolute atomic E-state index is 5.25.